The molecule has 5 heteroatoms. The number of hydrogen-bond donors (Lipinski definition) is 0. The molecule has 0 aliphatic carbocycles. The third kappa shape index (κ3) is 3.23. The summed E-state index contributed by atoms with van der Waals surface area (Å²) >= 11 is 0. The first-order valence-electron chi connectivity index (χ1n) is 7.74. The predicted molar refractivity (Wildman–Crippen MR) is 106 cm³/mol. The van der Waals surface area contributed by atoms with Gasteiger partial charge in [-0.3, -0.25) is 0 Å². The maximum absolute atomic E-state index is 4.59. The molecular weight excluding hydrogens is 303 g/mol. The van der Waals surface area contributed by atoms with Gasteiger partial charge in [0.15, 0.2) is 0 Å². The summed E-state index contributed by atoms with van der Waals surface area (Å²) in [6.45, 7) is 0. The zero-order valence-corrected chi connectivity index (χ0v) is 12.7. The molecule has 25 heavy (non-hydrogen) atoms. The van der Waals surface area contributed by atoms with Crippen LogP contribution in [-0.4, -0.2) is 41.7 Å². The Kier molecular flexibility index (Phi) is 3.93. The van der Waals surface area contributed by atoms with E-state index >= 15 is 0 Å². The fourth-order valence-corrected chi connectivity index (χ4v) is 2.83. The van der Waals surface area contributed by atoms with Gasteiger partial charge in [-0.25, -0.2) is 20.0 Å². The van der Waals surface area contributed by atoms with E-state index in [4.69, 9.17) is 0 Å². The molecular formula is C20H13LiN4. The zero-order valence-electron chi connectivity index (χ0n) is 12.7. The molecule has 5 aliphatic rings. The Labute approximate surface area is 157 Å². The van der Waals surface area contributed by atoms with Gasteiger partial charge in [0.1, 0.15) is 0 Å². The Hall–Kier alpha value is -2.80. The molecule has 0 aromatic carbocycles. The van der Waals surface area contributed by atoms with Crippen LogP contribution in [0.15, 0.2) is 116 Å². The van der Waals surface area contributed by atoms with Crippen molar-refractivity contribution in [2.24, 2.45) is 20.0 Å². The van der Waals surface area contributed by atoms with Crippen LogP contribution in [0.2, 0.25) is 0 Å². The first-order valence-corrected chi connectivity index (χ1v) is 7.74. The van der Waals surface area contributed by atoms with Gasteiger partial charge < -0.3 is 0 Å². The van der Waals surface area contributed by atoms with Gasteiger partial charge in [-0.05, 0) is 72.9 Å². The molecule has 0 saturated carbocycles. The van der Waals surface area contributed by atoms with Crippen LogP contribution in [0.3, 0.4) is 0 Å². The summed E-state index contributed by atoms with van der Waals surface area (Å²) in [6.07, 6.45) is 23.8. The number of allylic oxidation sites excluding steroid dienone is 12. The fourth-order valence-electron chi connectivity index (χ4n) is 2.83. The van der Waals surface area contributed by atoms with Crippen molar-refractivity contribution in [1.29, 1.82) is 0 Å². The van der Waals surface area contributed by atoms with Crippen LogP contribution in [0.4, 0.5) is 0 Å². The monoisotopic (exact) mass is 316 g/mol. The Balaban J connectivity index is 0.00000157. The first kappa shape index (κ1) is 15.7. The molecule has 0 spiro atoms. The molecule has 5 heterocycles. The van der Waals surface area contributed by atoms with Gasteiger partial charge in [0.25, 0.3) is 0 Å². The molecule has 0 unspecified atom stereocenters. The van der Waals surface area contributed by atoms with Gasteiger partial charge in [0.2, 0.25) is 0 Å². The van der Waals surface area contributed by atoms with Crippen LogP contribution < -0.4 is 0 Å². The second kappa shape index (κ2) is 6.25. The minimum absolute atomic E-state index is 0. The second-order valence-corrected chi connectivity index (χ2v) is 5.76. The van der Waals surface area contributed by atoms with E-state index in [-0.39, 0.29) is 18.9 Å². The van der Waals surface area contributed by atoms with Crippen LogP contribution in [0.1, 0.15) is 0 Å². The molecule has 4 nitrogen and oxygen atoms in total. The van der Waals surface area contributed by atoms with E-state index in [0.29, 0.717) is 0 Å². The average Bonchev–Trinajstić information content (AvgIpc) is 3.32. The summed E-state index contributed by atoms with van der Waals surface area (Å²) in [5.41, 5.74) is 7.15. The fraction of sp³-hybridized carbons (Fsp3) is 0. The van der Waals surface area contributed by atoms with Crippen molar-refractivity contribution in [3.8, 4) is 0 Å². The van der Waals surface area contributed by atoms with Crippen molar-refractivity contribution >= 4 is 41.7 Å². The van der Waals surface area contributed by atoms with Crippen molar-refractivity contribution in [2.75, 3.05) is 0 Å². The Morgan fingerprint density at radius 1 is 0.360 bits per heavy atom. The van der Waals surface area contributed by atoms with Gasteiger partial charge in [0, 0.05) is 0 Å². The number of rotatable bonds is 0. The third-order valence-electron chi connectivity index (χ3n) is 3.92. The number of fused-ring (bicyclic) bond motifs is 4. The summed E-state index contributed by atoms with van der Waals surface area (Å²) < 4.78 is 0. The molecule has 5 aliphatic heterocycles. The second-order valence-electron chi connectivity index (χ2n) is 5.76. The normalized spacial score (nSPS) is 21.8. The molecule has 0 radical (unpaired) electrons. The van der Waals surface area contributed by atoms with E-state index in [2.05, 4.69) is 20.0 Å². The molecule has 0 N–H and O–H groups in total. The average molecular weight is 316 g/mol. The number of hydrogen-bond acceptors (Lipinski definition) is 4. The van der Waals surface area contributed by atoms with Gasteiger partial charge in [-0.15, -0.1) is 0 Å². The van der Waals surface area contributed by atoms with E-state index in [0.717, 1.165) is 45.6 Å². The van der Waals surface area contributed by atoms with Crippen molar-refractivity contribution in [3.63, 3.8) is 0 Å². The summed E-state index contributed by atoms with van der Waals surface area (Å²) in [4.78, 5) is 18.4. The molecule has 0 aromatic heterocycles. The SMILES string of the molecule is C1=CC2=NC1=CC1=NC(=CC3=NC(=CC4=NC(=C2)C=C4)C=C3)C=C1.[LiH]. The molecule has 5 rings (SSSR count). The predicted octanol–water partition coefficient (Wildman–Crippen LogP) is 2.93. The van der Waals surface area contributed by atoms with Crippen LogP contribution in [0.25, 0.3) is 0 Å². The van der Waals surface area contributed by atoms with E-state index in [1.54, 1.807) is 0 Å². The van der Waals surface area contributed by atoms with Crippen molar-refractivity contribution < 1.29 is 0 Å². The van der Waals surface area contributed by atoms with Crippen LogP contribution in [0, 0.1) is 0 Å². The van der Waals surface area contributed by atoms with Crippen molar-refractivity contribution in [2.45, 2.75) is 0 Å². The zero-order chi connectivity index (χ0) is 15.9. The van der Waals surface area contributed by atoms with E-state index in [1.165, 1.54) is 0 Å². The topological polar surface area (TPSA) is 49.4 Å². The Morgan fingerprint density at radius 2 is 0.600 bits per heavy atom. The number of aliphatic imine (C=N–C) groups is 4. The van der Waals surface area contributed by atoms with E-state index in [9.17, 15) is 0 Å². The molecule has 114 valence electrons. The van der Waals surface area contributed by atoms with Crippen molar-refractivity contribution in [1.82, 2.24) is 0 Å². The van der Waals surface area contributed by atoms with Gasteiger partial charge in [-0.1, -0.05) is 0 Å². The molecule has 0 saturated heterocycles. The molecule has 8 bridgehead atoms. The third-order valence-corrected chi connectivity index (χ3v) is 3.92. The molecule has 0 fully saturated rings. The Morgan fingerprint density at radius 3 is 0.840 bits per heavy atom. The summed E-state index contributed by atoms with van der Waals surface area (Å²) in [6, 6.07) is 0. The van der Waals surface area contributed by atoms with Gasteiger partial charge >= 0.3 is 18.9 Å². The van der Waals surface area contributed by atoms with Crippen LogP contribution in [0.5, 0.6) is 0 Å². The van der Waals surface area contributed by atoms with Gasteiger partial charge in [-0.2, -0.15) is 0 Å². The van der Waals surface area contributed by atoms with Crippen LogP contribution >= 0.6 is 0 Å². The Bertz CT molecular complexity index is 848. The standard InChI is InChI=1S/C20H12N4.Li.H/c1-2-14-10-16-5-6-18(23-16)12-20-8-7-19(24-20)11-17-4-3-15(22-17)9-13(1)21-14;;/h1-12H;;. The maximum atomic E-state index is 4.59. The molecule has 0 atom stereocenters. The van der Waals surface area contributed by atoms with E-state index < -0.39 is 0 Å². The van der Waals surface area contributed by atoms with Crippen LogP contribution in [-0.2, 0) is 0 Å². The van der Waals surface area contributed by atoms with Crippen molar-refractivity contribution in [3.05, 3.63) is 95.7 Å². The quantitative estimate of drug-likeness (QED) is 0.617. The first-order chi connectivity index (χ1) is 11.8. The minimum atomic E-state index is 0. The summed E-state index contributed by atoms with van der Waals surface area (Å²) in [5.74, 6) is 0. The summed E-state index contributed by atoms with van der Waals surface area (Å²) in [5, 5.41) is 0. The molecule has 0 amide bonds. The summed E-state index contributed by atoms with van der Waals surface area (Å²) in [7, 11) is 0. The van der Waals surface area contributed by atoms with E-state index in [1.807, 2.05) is 72.9 Å². The molecule has 0 aromatic rings. The number of nitrogens with zero attached hydrogens (tertiary/aromatic N) is 4. The van der Waals surface area contributed by atoms with Gasteiger partial charge in [0.05, 0.1) is 45.6 Å².